The number of aromatic amines is 1. The molecule has 9 heteroatoms. The fourth-order valence-electron chi connectivity index (χ4n) is 2.87. The molecule has 0 amide bonds. The minimum Gasteiger partial charge on any atom is -0.395 e. The van der Waals surface area contributed by atoms with Crippen LogP contribution in [0.15, 0.2) is 61.6 Å². The molecular weight excluding hydrogens is 458 g/mol. The van der Waals surface area contributed by atoms with E-state index in [1.54, 1.807) is 19.1 Å². The van der Waals surface area contributed by atoms with Crippen LogP contribution >= 0.6 is 15.9 Å². The largest absolute Gasteiger partial charge is 0.395 e. The van der Waals surface area contributed by atoms with Crippen LogP contribution in [0.4, 0.5) is 5.69 Å². The van der Waals surface area contributed by atoms with E-state index in [1.165, 1.54) is 23.0 Å². The van der Waals surface area contributed by atoms with E-state index in [2.05, 4.69) is 26.0 Å². The second kappa shape index (κ2) is 8.48. The van der Waals surface area contributed by atoms with Gasteiger partial charge in [0.15, 0.2) is 9.84 Å². The number of hydrogen-bond donors (Lipinski definition) is 2. The number of hydrogen-bond acceptors (Lipinski definition) is 5. The summed E-state index contributed by atoms with van der Waals surface area (Å²) in [5.41, 5.74) is 3.07. The van der Waals surface area contributed by atoms with Crippen LogP contribution in [0.5, 0.6) is 0 Å². The lowest BCUT2D eigenvalue weighted by molar-refractivity contribution is 0.319. The smallest absolute Gasteiger partial charge is 0.280 e. The summed E-state index contributed by atoms with van der Waals surface area (Å²) in [5.74, 6) is -0.326. The van der Waals surface area contributed by atoms with Gasteiger partial charge in [-0.25, -0.2) is 13.1 Å². The van der Waals surface area contributed by atoms with E-state index in [0.29, 0.717) is 16.9 Å². The van der Waals surface area contributed by atoms with Crippen LogP contribution in [0.2, 0.25) is 0 Å². The second-order valence-corrected chi connectivity index (χ2v) is 9.54. The predicted octanol–water partition coefficient (Wildman–Crippen LogP) is 3.06. The molecule has 0 unspecified atom stereocenters. The third kappa shape index (κ3) is 4.58. The number of H-pyrrole nitrogens is 1. The Labute approximate surface area is 176 Å². The number of aliphatic hydroxyl groups excluding tert-OH is 1. The van der Waals surface area contributed by atoms with Crippen molar-refractivity contribution in [2.45, 2.75) is 18.7 Å². The zero-order chi connectivity index (χ0) is 21.2. The van der Waals surface area contributed by atoms with Crippen molar-refractivity contribution in [3.8, 4) is 5.69 Å². The predicted molar refractivity (Wildman–Crippen MR) is 116 cm³/mol. The standard InChI is InChI=1S/C20H20BrN3O4S/c1-13-11-15(21)3-8-19(13)24-20(26)18(14(2)23-24)12-22-16-4-6-17(7-5-16)29(27,28)10-9-25/h3-8,11-12,23,25H,9-10H2,1-2H3. The van der Waals surface area contributed by atoms with Crippen molar-refractivity contribution in [2.24, 2.45) is 4.99 Å². The molecule has 0 radical (unpaired) electrons. The van der Waals surface area contributed by atoms with E-state index >= 15 is 0 Å². The molecule has 0 atom stereocenters. The summed E-state index contributed by atoms with van der Waals surface area (Å²) >= 11 is 3.41. The first kappa shape index (κ1) is 21.2. The Hall–Kier alpha value is -2.49. The lowest BCUT2D eigenvalue weighted by Gasteiger charge is -2.06. The Balaban J connectivity index is 1.90. The lowest BCUT2D eigenvalue weighted by Crippen LogP contribution is -2.18. The van der Waals surface area contributed by atoms with Crippen LogP contribution in [0.1, 0.15) is 16.8 Å². The van der Waals surface area contributed by atoms with Gasteiger partial charge in [0.05, 0.1) is 34.2 Å². The van der Waals surface area contributed by atoms with Crippen LogP contribution < -0.4 is 5.56 Å². The SMILES string of the molecule is Cc1cc(Br)ccc1-n1[nH]c(C)c(C=Nc2ccc(S(=O)(=O)CCO)cc2)c1=O. The minimum atomic E-state index is -3.51. The van der Waals surface area contributed by atoms with E-state index < -0.39 is 16.4 Å². The summed E-state index contributed by atoms with van der Waals surface area (Å²) in [4.78, 5) is 17.3. The minimum absolute atomic E-state index is 0.122. The number of nitrogens with one attached hydrogen (secondary N) is 1. The number of benzene rings is 2. The Morgan fingerprint density at radius 2 is 1.86 bits per heavy atom. The highest BCUT2D eigenvalue weighted by Gasteiger charge is 2.14. The van der Waals surface area contributed by atoms with Crippen molar-refractivity contribution >= 4 is 37.7 Å². The number of aliphatic hydroxyl groups is 1. The molecule has 0 aliphatic heterocycles. The number of aryl methyl sites for hydroxylation is 2. The molecule has 1 heterocycles. The van der Waals surface area contributed by atoms with Crippen molar-refractivity contribution < 1.29 is 13.5 Å². The van der Waals surface area contributed by atoms with Gasteiger partial charge in [-0.2, -0.15) is 0 Å². The zero-order valence-corrected chi connectivity index (χ0v) is 18.3. The average Bonchev–Trinajstić information content (AvgIpc) is 2.94. The number of aromatic nitrogens is 2. The molecule has 2 N–H and O–H groups in total. The molecule has 0 bridgehead atoms. The summed E-state index contributed by atoms with van der Waals surface area (Å²) in [6.07, 6.45) is 1.47. The average molecular weight is 478 g/mol. The number of sulfone groups is 1. The topological polar surface area (TPSA) is 105 Å². The van der Waals surface area contributed by atoms with Gasteiger partial charge in [-0.1, -0.05) is 15.9 Å². The second-order valence-electron chi connectivity index (χ2n) is 6.52. The van der Waals surface area contributed by atoms with Gasteiger partial charge in [-0.05, 0) is 61.9 Å². The highest BCUT2D eigenvalue weighted by atomic mass is 79.9. The first-order chi connectivity index (χ1) is 13.7. The van der Waals surface area contributed by atoms with Gasteiger partial charge in [-0.15, -0.1) is 0 Å². The molecule has 0 aliphatic rings. The first-order valence-electron chi connectivity index (χ1n) is 8.79. The first-order valence-corrected chi connectivity index (χ1v) is 11.2. The van der Waals surface area contributed by atoms with Crippen LogP contribution in [0.3, 0.4) is 0 Å². The molecule has 7 nitrogen and oxygen atoms in total. The van der Waals surface area contributed by atoms with Crippen molar-refractivity contribution in [1.29, 1.82) is 0 Å². The number of rotatable bonds is 6. The van der Waals surface area contributed by atoms with Crippen LogP contribution in [0, 0.1) is 13.8 Å². The number of nitrogens with zero attached hydrogens (tertiary/aromatic N) is 2. The Kier molecular flexibility index (Phi) is 6.21. The van der Waals surface area contributed by atoms with Crippen molar-refractivity contribution in [3.63, 3.8) is 0 Å². The van der Waals surface area contributed by atoms with Gasteiger partial charge >= 0.3 is 0 Å². The van der Waals surface area contributed by atoms with E-state index in [0.717, 1.165) is 15.7 Å². The zero-order valence-electron chi connectivity index (χ0n) is 15.9. The molecule has 3 aromatic rings. The third-order valence-corrected chi connectivity index (χ3v) is 6.62. The summed E-state index contributed by atoms with van der Waals surface area (Å²) in [6.45, 7) is 3.28. The van der Waals surface area contributed by atoms with Gasteiger partial charge in [0, 0.05) is 16.4 Å². The molecule has 152 valence electrons. The number of aliphatic imine (C=N–C) groups is 1. The molecule has 0 saturated heterocycles. The molecule has 2 aromatic carbocycles. The monoisotopic (exact) mass is 477 g/mol. The highest BCUT2D eigenvalue weighted by molar-refractivity contribution is 9.10. The molecule has 0 fully saturated rings. The number of halogens is 1. The normalized spacial score (nSPS) is 12.0. The summed E-state index contributed by atoms with van der Waals surface area (Å²) in [7, 11) is -3.51. The van der Waals surface area contributed by atoms with E-state index in [4.69, 9.17) is 5.11 Å². The fraction of sp³-hybridized carbons (Fsp3) is 0.200. The van der Waals surface area contributed by atoms with E-state index in [-0.39, 0.29) is 16.2 Å². The van der Waals surface area contributed by atoms with Gasteiger partial charge < -0.3 is 5.11 Å². The molecule has 0 spiro atoms. The van der Waals surface area contributed by atoms with Crippen molar-refractivity contribution in [2.75, 3.05) is 12.4 Å². The van der Waals surface area contributed by atoms with Gasteiger partial charge in [0.2, 0.25) is 0 Å². The maximum absolute atomic E-state index is 12.8. The quantitative estimate of drug-likeness (QED) is 0.532. The van der Waals surface area contributed by atoms with Crippen molar-refractivity contribution in [1.82, 2.24) is 9.78 Å². The Bertz CT molecular complexity index is 1230. The lowest BCUT2D eigenvalue weighted by atomic mass is 10.2. The summed E-state index contributed by atoms with van der Waals surface area (Å²) in [5, 5.41) is 11.9. The van der Waals surface area contributed by atoms with Crippen LogP contribution in [0.25, 0.3) is 5.69 Å². The third-order valence-electron chi connectivity index (χ3n) is 4.42. The molecule has 0 aliphatic carbocycles. The fourth-order valence-corrected chi connectivity index (χ4v) is 4.37. The molecule has 1 aromatic heterocycles. The summed E-state index contributed by atoms with van der Waals surface area (Å²) in [6, 6.07) is 11.6. The van der Waals surface area contributed by atoms with Crippen molar-refractivity contribution in [3.05, 3.63) is 74.1 Å². The van der Waals surface area contributed by atoms with Gasteiger partial charge in [0.1, 0.15) is 0 Å². The van der Waals surface area contributed by atoms with Crippen LogP contribution in [-0.2, 0) is 9.84 Å². The molecule has 29 heavy (non-hydrogen) atoms. The molecule has 0 saturated carbocycles. The molecular formula is C20H20BrN3O4S. The maximum Gasteiger partial charge on any atom is 0.280 e. The maximum atomic E-state index is 12.8. The van der Waals surface area contributed by atoms with Gasteiger partial charge in [-0.3, -0.25) is 14.9 Å². The molecule has 3 rings (SSSR count). The highest BCUT2D eigenvalue weighted by Crippen LogP contribution is 2.19. The van der Waals surface area contributed by atoms with Crippen LogP contribution in [-0.4, -0.2) is 41.9 Å². The Morgan fingerprint density at radius 3 is 2.48 bits per heavy atom. The van der Waals surface area contributed by atoms with E-state index in [1.807, 2.05) is 25.1 Å². The van der Waals surface area contributed by atoms with E-state index in [9.17, 15) is 13.2 Å². The Morgan fingerprint density at radius 1 is 1.17 bits per heavy atom. The van der Waals surface area contributed by atoms with Gasteiger partial charge in [0.25, 0.3) is 5.56 Å². The summed E-state index contributed by atoms with van der Waals surface area (Å²) < 4.78 is 26.3.